The molecule has 144 valence electrons. The molecule has 1 N–H and O–H groups in total. The van der Waals surface area contributed by atoms with Gasteiger partial charge < -0.3 is 5.11 Å². The Morgan fingerprint density at radius 1 is 0.552 bits per heavy atom. The van der Waals surface area contributed by atoms with Crippen molar-refractivity contribution in [3.8, 4) is 0 Å². The number of aliphatic hydroxyl groups is 1. The van der Waals surface area contributed by atoms with E-state index in [-0.39, 0.29) is 11.9 Å². The van der Waals surface area contributed by atoms with Crippen LogP contribution in [0.15, 0.2) is 121 Å². The van der Waals surface area contributed by atoms with E-state index in [2.05, 4.69) is 103 Å². The highest BCUT2D eigenvalue weighted by Crippen LogP contribution is 2.53. The second-order valence-corrected chi connectivity index (χ2v) is 8.40. The van der Waals surface area contributed by atoms with Gasteiger partial charge in [0.2, 0.25) is 0 Å². The molecule has 0 amide bonds. The molecule has 2 heteroatoms. The molecule has 0 saturated heterocycles. The number of aliphatic hydroxyl groups excluding tert-OH is 1. The molecule has 0 aromatic heterocycles. The Bertz CT molecular complexity index is 905. The zero-order valence-electron chi connectivity index (χ0n) is 16.2. The fourth-order valence-corrected chi connectivity index (χ4v) is 5.43. The average Bonchev–Trinajstić information content (AvgIpc) is 2.82. The smallest absolute Gasteiger partial charge is 0.0913 e. The van der Waals surface area contributed by atoms with E-state index in [0.29, 0.717) is 0 Å². The molecule has 0 fully saturated rings. The molecule has 0 saturated carbocycles. The van der Waals surface area contributed by atoms with Gasteiger partial charge >= 0.3 is 0 Å². The summed E-state index contributed by atoms with van der Waals surface area (Å²) in [6, 6.07) is 42.1. The summed E-state index contributed by atoms with van der Waals surface area (Å²) in [5, 5.41) is 10.3. The molecule has 0 aliphatic rings. The lowest BCUT2D eigenvalue weighted by Crippen LogP contribution is -2.27. The fraction of sp³-hybridized carbons (Fsp3) is 0.111. The van der Waals surface area contributed by atoms with Crippen LogP contribution in [-0.2, 0) is 4.75 Å². The number of thioether (sulfide) groups is 1. The van der Waals surface area contributed by atoms with Crippen molar-refractivity contribution in [3.05, 3.63) is 144 Å². The Morgan fingerprint density at radius 2 is 0.897 bits per heavy atom. The third kappa shape index (κ3) is 4.00. The van der Waals surface area contributed by atoms with E-state index in [9.17, 15) is 5.11 Å². The second-order valence-electron chi connectivity index (χ2n) is 6.98. The highest BCUT2D eigenvalue weighted by Gasteiger charge is 2.39. The molecule has 0 heterocycles. The highest BCUT2D eigenvalue weighted by atomic mass is 32.2. The van der Waals surface area contributed by atoms with Gasteiger partial charge in [-0.15, -0.1) is 11.8 Å². The third-order valence-corrected chi connectivity index (χ3v) is 6.96. The Labute approximate surface area is 177 Å². The number of benzene rings is 4. The van der Waals surface area contributed by atoms with Gasteiger partial charge in [0.05, 0.1) is 16.6 Å². The Morgan fingerprint density at radius 3 is 1.24 bits per heavy atom. The lowest BCUT2D eigenvalue weighted by Gasteiger charge is -2.38. The molecule has 0 aliphatic heterocycles. The van der Waals surface area contributed by atoms with Crippen LogP contribution in [0, 0.1) is 0 Å². The molecule has 0 aliphatic carbocycles. The van der Waals surface area contributed by atoms with E-state index < -0.39 is 4.75 Å². The van der Waals surface area contributed by atoms with E-state index in [1.807, 2.05) is 18.2 Å². The Hall–Kier alpha value is -2.81. The maximum Gasteiger partial charge on any atom is 0.0913 e. The number of rotatable bonds is 7. The third-order valence-electron chi connectivity index (χ3n) is 5.20. The van der Waals surface area contributed by atoms with Gasteiger partial charge in [0, 0.05) is 0 Å². The van der Waals surface area contributed by atoms with Gasteiger partial charge in [-0.1, -0.05) is 121 Å². The predicted molar refractivity (Wildman–Crippen MR) is 123 cm³/mol. The van der Waals surface area contributed by atoms with Crippen LogP contribution in [0.5, 0.6) is 0 Å². The van der Waals surface area contributed by atoms with Crippen LogP contribution in [0.25, 0.3) is 0 Å². The molecule has 1 atom stereocenters. The van der Waals surface area contributed by atoms with Crippen LogP contribution < -0.4 is 0 Å². The summed E-state index contributed by atoms with van der Waals surface area (Å²) in [5.74, 6) is 0. The van der Waals surface area contributed by atoms with Crippen LogP contribution in [0.1, 0.15) is 27.5 Å². The first kappa shape index (κ1) is 19.5. The van der Waals surface area contributed by atoms with Gasteiger partial charge in [-0.3, -0.25) is 0 Å². The fourth-order valence-electron chi connectivity index (χ4n) is 3.81. The molecule has 4 aromatic rings. The van der Waals surface area contributed by atoms with Crippen LogP contribution >= 0.6 is 11.8 Å². The van der Waals surface area contributed by atoms with Gasteiger partial charge in [0.25, 0.3) is 0 Å². The standard InChI is InChI=1S/C27H24OS/c28-21-26(22-13-5-1-6-14-22)29-27(23-15-7-2-8-16-23,24-17-9-3-10-18-24)25-19-11-4-12-20-25/h1-20,26,28H,21H2. The van der Waals surface area contributed by atoms with Crippen LogP contribution in [0.2, 0.25) is 0 Å². The molecule has 0 spiro atoms. The van der Waals surface area contributed by atoms with Crippen molar-refractivity contribution in [1.82, 2.24) is 0 Å². The highest BCUT2D eigenvalue weighted by molar-refractivity contribution is 8.00. The van der Waals surface area contributed by atoms with Gasteiger partial charge in [-0.25, -0.2) is 0 Å². The minimum Gasteiger partial charge on any atom is -0.395 e. The lowest BCUT2D eigenvalue weighted by molar-refractivity contribution is 0.296. The molecular weight excluding hydrogens is 372 g/mol. The van der Waals surface area contributed by atoms with Crippen LogP contribution in [-0.4, -0.2) is 11.7 Å². The van der Waals surface area contributed by atoms with Crippen molar-refractivity contribution in [1.29, 1.82) is 0 Å². The molecule has 1 unspecified atom stereocenters. The zero-order chi connectivity index (χ0) is 19.9. The van der Waals surface area contributed by atoms with Crippen LogP contribution in [0.3, 0.4) is 0 Å². The summed E-state index contributed by atoms with van der Waals surface area (Å²) in [7, 11) is 0. The van der Waals surface area contributed by atoms with Crippen molar-refractivity contribution >= 4 is 11.8 Å². The first-order valence-electron chi connectivity index (χ1n) is 9.85. The molecule has 0 radical (unpaired) electrons. The number of hydrogen-bond acceptors (Lipinski definition) is 2. The van der Waals surface area contributed by atoms with Crippen molar-refractivity contribution in [3.63, 3.8) is 0 Å². The minimum absolute atomic E-state index is 0.0585. The first-order chi connectivity index (χ1) is 14.3. The minimum atomic E-state index is -0.437. The monoisotopic (exact) mass is 396 g/mol. The second kappa shape index (κ2) is 9.13. The summed E-state index contributed by atoms with van der Waals surface area (Å²) < 4.78 is -0.437. The van der Waals surface area contributed by atoms with Gasteiger partial charge in [-0.2, -0.15) is 0 Å². The van der Waals surface area contributed by atoms with Crippen LogP contribution in [0.4, 0.5) is 0 Å². The predicted octanol–water partition coefficient (Wildman–Crippen LogP) is 6.45. The lowest BCUT2D eigenvalue weighted by atomic mass is 9.84. The normalized spacial score (nSPS) is 12.4. The maximum absolute atomic E-state index is 10.4. The van der Waals surface area contributed by atoms with E-state index in [4.69, 9.17) is 0 Å². The molecule has 0 bridgehead atoms. The van der Waals surface area contributed by atoms with E-state index >= 15 is 0 Å². The topological polar surface area (TPSA) is 20.2 Å². The summed E-state index contributed by atoms with van der Waals surface area (Å²) in [5.41, 5.74) is 4.75. The van der Waals surface area contributed by atoms with E-state index in [0.717, 1.165) is 5.56 Å². The SMILES string of the molecule is OCC(SC(c1ccccc1)(c1ccccc1)c1ccccc1)c1ccccc1. The molecule has 29 heavy (non-hydrogen) atoms. The Kier molecular flexibility index (Phi) is 6.14. The van der Waals surface area contributed by atoms with E-state index in [1.54, 1.807) is 11.8 Å². The van der Waals surface area contributed by atoms with Crippen molar-refractivity contribution in [2.45, 2.75) is 10.00 Å². The zero-order valence-corrected chi connectivity index (χ0v) is 17.0. The summed E-state index contributed by atoms with van der Waals surface area (Å²) in [6.07, 6.45) is 0. The molecule has 1 nitrogen and oxygen atoms in total. The quantitative estimate of drug-likeness (QED) is 0.363. The molecule has 4 aromatic carbocycles. The summed E-state index contributed by atoms with van der Waals surface area (Å²) in [4.78, 5) is 0. The van der Waals surface area contributed by atoms with Gasteiger partial charge in [0.1, 0.15) is 0 Å². The largest absolute Gasteiger partial charge is 0.395 e. The van der Waals surface area contributed by atoms with Gasteiger partial charge in [0.15, 0.2) is 0 Å². The van der Waals surface area contributed by atoms with Gasteiger partial charge in [-0.05, 0) is 22.3 Å². The summed E-state index contributed by atoms with van der Waals surface area (Å²) in [6.45, 7) is 0.0724. The maximum atomic E-state index is 10.4. The van der Waals surface area contributed by atoms with Crippen molar-refractivity contribution in [2.24, 2.45) is 0 Å². The van der Waals surface area contributed by atoms with E-state index in [1.165, 1.54) is 16.7 Å². The Balaban J connectivity index is 1.95. The molecule has 4 rings (SSSR count). The summed E-state index contributed by atoms with van der Waals surface area (Å²) >= 11 is 1.80. The average molecular weight is 397 g/mol. The molecular formula is C27H24OS. The first-order valence-corrected chi connectivity index (χ1v) is 10.7. The van der Waals surface area contributed by atoms with Crippen molar-refractivity contribution in [2.75, 3.05) is 6.61 Å². The van der Waals surface area contributed by atoms with Crippen molar-refractivity contribution < 1.29 is 5.11 Å². The number of hydrogen-bond donors (Lipinski definition) is 1.